The number of carbonyl (C=O) groups excluding carboxylic acids is 1. The fourth-order valence-corrected chi connectivity index (χ4v) is 6.23. The standard InChI is InChI=1S/C29H33F3N6O3S/c1-27(2,40)17-37-13-11-28(15-19(28)16-37)35-24-8-4-7-22-25(42-29(30,31)32)20(36-38(22)24)6-5-12-34-21-14-18(26(33)39)9-10-23(21)41-3/h4,7-10,14,19,34-35,40H,11-13,15-17H2,1-3H3,(H2,33,39). The number of nitrogens with one attached hydrogen (secondary N) is 2. The number of β-amino-alcohol motifs (C(OH)–C–C–N with tert-alkyl or cyclic N) is 1. The Morgan fingerprint density at radius 1 is 1.31 bits per heavy atom. The number of nitrogens with two attached hydrogens (primary N) is 1. The minimum atomic E-state index is -4.53. The Morgan fingerprint density at radius 2 is 2.10 bits per heavy atom. The molecule has 1 saturated carbocycles. The van der Waals surface area contributed by atoms with Gasteiger partial charge in [0.1, 0.15) is 17.3 Å². The summed E-state index contributed by atoms with van der Waals surface area (Å²) in [6.07, 6.45) is 1.80. The second-order valence-electron chi connectivity index (χ2n) is 11.3. The topological polar surface area (TPSA) is 117 Å². The number of aliphatic hydroxyl groups is 1. The number of hydrogen-bond acceptors (Lipinski definition) is 8. The molecule has 0 bridgehead atoms. The second kappa shape index (κ2) is 11.2. The summed E-state index contributed by atoms with van der Waals surface area (Å²) in [7, 11) is 1.47. The van der Waals surface area contributed by atoms with Gasteiger partial charge in [-0.15, -0.1) is 0 Å². The third kappa shape index (κ3) is 6.72. The molecule has 1 saturated heterocycles. The highest BCUT2D eigenvalue weighted by Crippen LogP contribution is 2.52. The number of halogens is 3. The number of anilines is 2. The molecule has 2 fully saturated rings. The number of ether oxygens (including phenoxy) is 1. The van der Waals surface area contributed by atoms with Crippen molar-refractivity contribution in [2.24, 2.45) is 11.7 Å². The molecule has 1 aliphatic heterocycles. The summed E-state index contributed by atoms with van der Waals surface area (Å²) in [4.78, 5) is 13.7. The van der Waals surface area contributed by atoms with Crippen LogP contribution >= 0.6 is 11.8 Å². The van der Waals surface area contributed by atoms with Crippen molar-refractivity contribution in [3.63, 3.8) is 0 Å². The normalized spacial score (nSPS) is 20.4. The van der Waals surface area contributed by atoms with Gasteiger partial charge in [0.05, 0.1) is 35.4 Å². The van der Waals surface area contributed by atoms with E-state index in [1.54, 1.807) is 32.0 Å². The summed E-state index contributed by atoms with van der Waals surface area (Å²) >= 11 is -0.237. The summed E-state index contributed by atoms with van der Waals surface area (Å²) in [5.41, 5.74) is 0.972. The van der Waals surface area contributed by atoms with Gasteiger partial charge >= 0.3 is 5.51 Å². The lowest BCUT2D eigenvalue weighted by molar-refractivity contribution is -0.0328. The maximum Gasteiger partial charge on any atom is 0.446 e. The summed E-state index contributed by atoms with van der Waals surface area (Å²) in [6.45, 7) is 5.90. The molecule has 5 N–H and O–H groups in total. The SMILES string of the molecule is COc1ccc(C(N)=O)cc1NCC#Cc1nn2c(NC34CCN(CC(C)(C)O)CC3C4)cccc2c1SC(F)(F)F. The molecule has 1 aromatic carbocycles. The average Bonchev–Trinajstić information content (AvgIpc) is 3.50. The van der Waals surface area contributed by atoms with Crippen LogP contribution in [0.5, 0.6) is 5.75 Å². The van der Waals surface area contributed by atoms with Crippen LogP contribution in [0.3, 0.4) is 0 Å². The van der Waals surface area contributed by atoms with Gasteiger partial charge in [-0.05, 0) is 80.6 Å². The summed E-state index contributed by atoms with van der Waals surface area (Å²) in [6, 6.07) is 9.77. The van der Waals surface area contributed by atoms with Gasteiger partial charge in [-0.25, -0.2) is 4.52 Å². The van der Waals surface area contributed by atoms with E-state index in [1.807, 2.05) is 6.07 Å². The van der Waals surface area contributed by atoms with E-state index < -0.39 is 17.0 Å². The number of likely N-dealkylation sites (tertiary alicyclic amines) is 1. The third-order valence-corrected chi connectivity index (χ3v) is 8.30. The van der Waals surface area contributed by atoms with Crippen molar-refractivity contribution in [3.8, 4) is 17.6 Å². The number of fused-ring (bicyclic) bond motifs is 2. The Bertz CT molecular complexity index is 1560. The quantitative estimate of drug-likeness (QED) is 0.213. The molecule has 2 aliphatic rings. The van der Waals surface area contributed by atoms with Gasteiger partial charge in [-0.1, -0.05) is 12.0 Å². The first kappa shape index (κ1) is 29.9. The maximum atomic E-state index is 13.6. The van der Waals surface area contributed by atoms with Crippen LogP contribution in [0.25, 0.3) is 5.52 Å². The van der Waals surface area contributed by atoms with Crippen LogP contribution in [0.4, 0.5) is 24.7 Å². The zero-order valence-electron chi connectivity index (χ0n) is 23.5. The predicted octanol–water partition coefficient (Wildman–Crippen LogP) is 4.16. The lowest BCUT2D eigenvalue weighted by atomic mass is 10.0. The molecule has 9 nitrogen and oxygen atoms in total. The number of rotatable bonds is 9. The predicted molar refractivity (Wildman–Crippen MR) is 156 cm³/mol. The van der Waals surface area contributed by atoms with Gasteiger partial charge in [0.25, 0.3) is 0 Å². The number of piperidine rings is 1. The molecule has 2 aromatic heterocycles. The number of amides is 1. The van der Waals surface area contributed by atoms with E-state index in [0.29, 0.717) is 35.2 Å². The van der Waals surface area contributed by atoms with E-state index in [9.17, 15) is 23.1 Å². The van der Waals surface area contributed by atoms with Crippen molar-refractivity contribution in [1.82, 2.24) is 14.5 Å². The maximum absolute atomic E-state index is 13.6. The number of primary amides is 1. The lowest BCUT2D eigenvalue weighted by Gasteiger charge is -2.35. The fourth-order valence-electron chi connectivity index (χ4n) is 5.56. The van der Waals surface area contributed by atoms with E-state index in [-0.39, 0.29) is 40.0 Å². The largest absolute Gasteiger partial charge is 0.495 e. The van der Waals surface area contributed by atoms with E-state index in [0.717, 1.165) is 25.9 Å². The Morgan fingerprint density at radius 3 is 2.76 bits per heavy atom. The van der Waals surface area contributed by atoms with Crippen LogP contribution in [-0.2, 0) is 0 Å². The lowest BCUT2D eigenvalue weighted by Crippen LogP contribution is -2.46. The van der Waals surface area contributed by atoms with Crippen LogP contribution < -0.4 is 21.1 Å². The molecule has 1 amide bonds. The first-order valence-corrected chi connectivity index (χ1v) is 14.3. The third-order valence-electron chi connectivity index (χ3n) is 7.46. The van der Waals surface area contributed by atoms with Crippen molar-refractivity contribution in [2.75, 3.05) is 43.9 Å². The van der Waals surface area contributed by atoms with Crippen molar-refractivity contribution in [1.29, 1.82) is 0 Å². The summed E-state index contributed by atoms with van der Waals surface area (Å²) in [5, 5.41) is 21.3. The van der Waals surface area contributed by atoms with Crippen LogP contribution in [0.2, 0.25) is 0 Å². The molecule has 224 valence electrons. The molecule has 2 unspecified atom stereocenters. The molecular weight excluding hydrogens is 569 g/mol. The molecule has 13 heteroatoms. The highest BCUT2D eigenvalue weighted by atomic mass is 32.2. The number of methoxy groups -OCH3 is 1. The van der Waals surface area contributed by atoms with Crippen molar-refractivity contribution in [3.05, 3.63) is 47.7 Å². The van der Waals surface area contributed by atoms with E-state index in [4.69, 9.17) is 10.5 Å². The average molecular weight is 603 g/mol. The number of carbonyl (C=O) groups is 1. The Labute approximate surface area is 246 Å². The second-order valence-corrected chi connectivity index (χ2v) is 12.4. The molecule has 2 atom stereocenters. The smallest absolute Gasteiger partial charge is 0.446 e. The van der Waals surface area contributed by atoms with Crippen LogP contribution in [0.1, 0.15) is 42.7 Å². The molecule has 3 aromatic rings. The van der Waals surface area contributed by atoms with Crippen molar-refractivity contribution < 1.29 is 27.8 Å². The zero-order chi connectivity index (χ0) is 30.3. The zero-order valence-corrected chi connectivity index (χ0v) is 24.3. The van der Waals surface area contributed by atoms with Crippen molar-refractivity contribution >= 4 is 34.7 Å². The fraction of sp³-hybridized carbons (Fsp3) is 0.448. The summed E-state index contributed by atoms with van der Waals surface area (Å²) < 4.78 is 47.6. The highest BCUT2D eigenvalue weighted by molar-refractivity contribution is 8.00. The molecule has 5 rings (SSSR count). The first-order valence-electron chi connectivity index (χ1n) is 13.5. The number of pyridine rings is 1. The first-order chi connectivity index (χ1) is 19.8. The van der Waals surface area contributed by atoms with Gasteiger partial charge < -0.3 is 31.1 Å². The van der Waals surface area contributed by atoms with Gasteiger partial charge in [0.2, 0.25) is 5.91 Å². The van der Waals surface area contributed by atoms with Crippen LogP contribution in [-0.4, -0.2) is 75.5 Å². The molecular formula is C29H33F3N6O3S. The number of hydrogen-bond donors (Lipinski definition) is 4. The van der Waals surface area contributed by atoms with Gasteiger partial charge in [0, 0.05) is 30.7 Å². The Hall–Kier alpha value is -3.60. The van der Waals surface area contributed by atoms with Gasteiger partial charge in [0.15, 0.2) is 0 Å². The van der Waals surface area contributed by atoms with Gasteiger partial charge in [-0.3, -0.25) is 4.79 Å². The number of aromatic nitrogens is 2. The number of nitrogens with zero attached hydrogens (tertiary/aromatic N) is 3. The highest BCUT2D eigenvalue weighted by Gasteiger charge is 2.57. The Balaban J connectivity index is 1.38. The van der Waals surface area contributed by atoms with Crippen LogP contribution in [0.15, 0.2) is 41.3 Å². The van der Waals surface area contributed by atoms with E-state index >= 15 is 0 Å². The van der Waals surface area contributed by atoms with E-state index in [2.05, 4.69) is 32.5 Å². The Kier molecular flexibility index (Phi) is 8.00. The monoisotopic (exact) mass is 602 g/mol. The number of alkyl halides is 3. The van der Waals surface area contributed by atoms with Gasteiger partial charge in [-0.2, -0.15) is 18.3 Å². The molecule has 0 radical (unpaired) electrons. The minimum absolute atomic E-state index is 0.0103. The van der Waals surface area contributed by atoms with Crippen LogP contribution in [0, 0.1) is 17.8 Å². The van der Waals surface area contributed by atoms with Crippen molar-refractivity contribution in [2.45, 2.75) is 48.2 Å². The molecule has 3 heterocycles. The number of benzene rings is 1. The van der Waals surface area contributed by atoms with E-state index in [1.165, 1.54) is 23.8 Å². The molecule has 1 aliphatic carbocycles. The molecule has 0 spiro atoms. The number of thioether (sulfide) groups is 1. The summed E-state index contributed by atoms with van der Waals surface area (Å²) in [5.74, 6) is 6.47. The minimum Gasteiger partial charge on any atom is -0.495 e. The molecule has 42 heavy (non-hydrogen) atoms.